The molecule has 0 spiro atoms. The molecule has 2 heterocycles. The minimum absolute atomic E-state index is 0.204. The Labute approximate surface area is 87.2 Å². The lowest BCUT2D eigenvalue weighted by molar-refractivity contribution is 0.0696. The van der Waals surface area contributed by atoms with E-state index in [0.29, 0.717) is 0 Å². The molecule has 76 valence electrons. The van der Waals surface area contributed by atoms with Gasteiger partial charge in [0.25, 0.3) is 0 Å². The molecule has 0 fully saturated rings. The first-order chi connectivity index (χ1) is 7.27. The van der Waals surface area contributed by atoms with Crippen molar-refractivity contribution in [3.8, 4) is 0 Å². The summed E-state index contributed by atoms with van der Waals surface area (Å²) in [6, 6.07) is 1.61. The Hall–Kier alpha value is -2.10. The molecule has 2 rings (SSSR count). The molecule has 0 unspecified atom stereocenters. The summed E-state index contributed by atoms with van der Waals surface area (Å²) in [5.41, 5.74) is 0.992. The Morgan fingerprint density at radius 3 is 2.93 bits per heavy atom. The lowest BCUT2D eigenvalue weighted by atomic mass is 10.2. The van der Waals surface area contributed by atoms with Gasteiger partial charge in [-0.1, -0.05) is 12.2 Å². The average Bonchev–Trinajstić information content (AvgIpc) is 2.30. The highest BCUT2D eigenvalue weighted by Gasteiger charge is 2.08. The molecule has 0 bridgehead atoms. The Balaban J connectivity index is 2.28. The molecular weight excluding hydrogens is 192 g/mol. The predicted molar refractivity (Wildman–Crippen MR) is 56.8 cm³/mol. The van der Waals surface area contributed by atoms with Crippen LogP contribution < -0.4 is 4.90 Å². The predicted octanol–water partition coefficient (Wildman–Crippen LogP) is 1.67. The normalized spacial score (nSPS) is 14.3. The Bertz CT molecular complexity index is 438. The molecule has 0 amide bonds. The average molecular weight is 202 g/mol. The summed E-state index contributed by atoms with van der Waals surface area (Å²) >= 11 is 0. The quantitative estimate of drug-likeness (QED) is 0.792. The van der Waals surface area contributed by atoms with Gasteiger partial charge in [0.2, 0.25) is 0 Å². The summed E-state index contributed by atoms with van der Waals surface area (Å²) in [5, 5.41) is 8.82. The van der Waals surface area contributed by atoms with E-state index in [9.17, 15) is 4.79 Å². The van der Waals surface area contributed by atoms with Gasteiger partial charge in [0.05, 0.1) is 17.4 Å². The number of aromatic nitrogens is 1. The number of rotatable bonds is 2. The fourth-order valence-electron chi connectivity index (χ4n) is 1.36. The summed E-state index contributed by atoms with van der Waals surface area (Å²) in [7, 11) is 0. The second-order valence-corrected chi connectivity index (χ2v) is 3.16. The molecule has 15 heavy (non-hydrogen) atoms. The highest BCUT2D eigenvalue weighted by atomic mass is 16.4. The summed E-state index contributed by atoms with van der Waals surface area (Å²) in [6.07, 6.45) is 10.7. The number of hydrogen-bond donors (Lipinski definition) is 1. The van der Waals surface area contributed by atoms with Crippen molar-refractivity contribution in [2.24, 2.45) is 0 Å². The minimum atomic E-state index is -0.958. The Morgan fingerprint density at radius 1 is 1.40 bits per heavy atom. The van der Waals surface area contributed by atoms with Gasteiger partial charge in [-0.2, -0.15) is 0 Å². The Kier molecular flexibility index (Phi) is 2.49. The van der Waals surface area contributed by atoms with Crippen molar-refractivity contribution < 1.29 is 9.90 Å². The van der Waals surface area contributed by atoms with E-state index in [-0.39, 0.29) is 5.56 Å². The summed E-state index contributed by atoms with van der Waals surface area (Å²) < 4.78 is 0. The third-order valence-electron chi connectivity index (χ3n) is 2.12. The molecule has 0 radical (unpaired) electrons. The smallest absolute Gasteiger partial charge is 0.337 e. The van der Waals surface area contributed by atoms with E-state index >= 15 is 0 Å². The molecule has 4 heteroatoms. The van der Waals surface area contributed by atoms with Gasteiger partial charge in [-0.3, -0.25) is 4.98 Å². The first-order valence-electron chi connectivity index (χ1n) is 4.56. The Morgan fingerprint density at radius 2 is 2.27 bits per heavy atom. The van der Waals surface area contributed by atoms with E-state index in [1.807, 2.05) is 29.3 Å². The van der Waals surface area contributed by atoms with E-state index < -0.39 is 5.97 Å². The topological polar surface area (TPSA) is 53.4 Å². The molecule has 0 saturated heterocycles. The van der Waals surface area contributed by atoms with Crippen LogP contribution in [0.1, 0.15) is 10.4 Å². The molecule has 1 aliphatic heterocycles. The second kappa shape index (κ2) is 3.96. The summed E-state index contributed by atoms with van der Waals surface area (Å²) in [6.45, 7) is 0.737. The van der Waals surface area contributed by atoms with Gasteiger partial charge in [0.15, 0.2) is 0 Å². The zero-order valence-corrected chi connectivity index (χ0v) is 8.00. The van der Waals surface area contributed by atoms with Gasteiger partial charge in [-0.15, -0.1) is 0 Å². The maximum Gasteiger partial charge on any atom is 0.337 e. The standard InChI is InChI=1S/C11H10N2O2/c14-11(15)9-6-10(8-12-7-9)13-4-2-1-3-5-13/h1-4,6-8H,5H2,(H,14,15). The van der Waals surface area contributed by atoms with Crippen LogP contribution in [0.25, 0.3) is 0 Å². The van der Waals surface area contributed by atoms with E-state index in [4.69, 9.17) is 5.11 Å². The lowest BCUT2D eigenvalue weighted by Gasteiger charge is -2.20. The lowest BCUT2D eigenvalue weighted by Crippen LogP contribution is -2.18. The van der Waals surface area contributed by atoms with E-state index in [1.54, 1.807) is 12.3 Å². The van der Waals surface area contributed by atoms with Crippen LogP contribution in [0, 0.1) is 0 Å². The molecule has 0 aromatic carbocycles. The zero-order valence-electron chi connectivity index (χ0n) is 8.00. The number of carboxylic acid groups (broad SMARTS) is 1. The van der Waals surface area contributed by atoms with Crippen molar-refractivity contribution in [2.75, 3.05) is 11.4 Å². The van der Waals surface area contributed by atoms with Gasteiger partial charge in [-0.05, 0) is 12.1 Å². The van der Waals surface area contributed by atoms with Crippen molar-refractivity contribution in [1.29, 1.82) is 0 Å². The molecule has 1 aromatic heterocycles. The monoisotopic (exact) mass is 202 g/mol. The number of anilines is 1. The maximum absolute atomic E-state index is 10.7. The van der Waals surface area contributed by atoms with Crippen molar-refractivity contribution in [3.05, 3.63) is 48.5 Å². The van der Waals surface area contributed by atoms with Crippen LogP contribution in [-0.2, 0) is 0 Å². The number of hydrogen-bond acceptors (Lipinski definition) is 3. The molecular formula is C11H10N2O2. The van der Waals surface area contributed by atoms with E-state index in [1.165, 1.54) is 6.20 Å². The fraction of sp³-hybridized carbons (Fsp3) is 0.0909. The molecule has 0 atom stereocenters. The van der Waals surface area contributed by atoms with Crippen LogP contribution in [0.2, 0.25) is 0 Å². The fourth-order valence-corrected chi connectivity index (χ4v) is 1.36. The summed E-state index contributed by atoms with van der Waals surface area (Å²) in [5.74, 6) is -0.958. The van der Waals surface area contributed by atoms with Crippen LogP contribution >= 0.6 is 0 Å². The maximum atomic E-state index is 10.7. The molecule has 1 aromatic rings. The number of aromatic carboxylic acids is 1. The molecule has 1 N–H and O–H groups in total. The number of nitrogens with zero attached hydrogens (tertiary/aromatic N) is 2. The molecule has 1 aliphatic rings. The van der Waals surface area contributed by atoms with Crippen molar-refractivity contribution in [2.45, 2.75) is 0 Å². The molecule has 0 aliphatic carbocycles. The van der Waals surface area contributed by atoms with Crippen molar-refractivity contribution in [3.63, 3.8) is 0 Å². The second-order valence-electron chi connectivity index (χ2n) is 3.16. The van der Waals surface area contributed by atoms with Crippen molar-refractivity contribution >= 4 is 11.7 Å². The third-order valence-corrected chi connectivity index (χ3v) is 2.12. The van der Waals surface area contributed by atoms with Gasteiger partial charge in [-0.25, -0.2) is 4.79 Å². The SMILES string of the molecule is O=C(O)c1cncc(N2C=CC=CC2)c1. The van der Waals surface area contributed by atoms with Crippen LogP contribution in [0.4, 0.5) is 5.69 Å². The minimum Gasteiger partial charge on any atom is -0.478 e. The van der Waals surface area contributed by atoms with Crippen LogP contribution in [-0.4, -0.2) is 22.6 Å². The number of carbonyl (C=O) groups is 1. The number of allylic oxidation sites excluding steroid dienone is 2. The molecule has 0 saturated carbocycles. The summed E-state index contributed by atoms with van der Waals surface area (Å²) in [4.78, 5) is 16.6. The van der Waals surface area contributed by atoms with Gasteiger partial charge in [0.1, 0.15) is 0 Å². The first kappa shape index (κ1) is 9.45. The number of pyridine rings is 1. The van der Waals surface area contributed by atoms with E-state index in [0.717, 1.165) is 12.2 Å². The van der Waals surface area contributed by atoms with E-state index in [2.05, 4.69) is 4.98 Å². The highest BCUT2D eigenvalue weighted by Crippen LogP contribution is 2.16. The van der Waals surface area contributed by atoms with Crippen LogP contribution in [0.15, 0.2) is 42.9 Å². The third kappa shape index (κ3) is 2.04. The largest absolute Gasteiger partial charge is 0.478 e. The first-order valence-corrected chi connectivity index (χ1v) is 4.56. The van der Waals surface area contributed by atoms with Crippen LogP contribution in [0.5, 0.6) is 0 Å². The van der Waals surface area contributed by atoms with Gasteiger partial charge < -0.3 is 10.0 Å². The van der Waals surface area contributed by atoms with Crippen LogP contribution in [0.3, 0.4) is 0 Å². The van der Waals surface area contributed by atoms with Gasteiger partial charge in [0, 0.05) is 18.9 Å². The van der Waals surface area contributed by atoms with Crippen molar-refractivity contribution in [1.82, 2.24) is 4.98 Å². The zero-order chi connectivity index (χ0) is 10.7. The van der Waals surface area contributed by atoms with Gasteiger partial charge >= 0.3 is 5.97 Å². The highest BCUT2D eigenvalue weighted by molar-refractivity contribution is 5.88. The number of carboxylic acids is 1. The molecule has 4 nitrogen and oxygen atoms in total.